The van der Waals surface area contributed by atoms with Crippen LogP contribution in [-0.2, 0) is 0 Å². The van der Waals surface area contributed by atoms with E-state index < -0.39 is 5.82 Å². The molecule has 5 nitrogen and oxygen atoms in total. The van der Waals surface area contributed by atoms with Gasteiger partial charge in [0, 0.05) is 37.6 Å². The molecule has 1 aromatic heterocycles. The summed E-state index contributed by atoms with van der Waals surface area (Å²) in [4.78, 5) is 12.6. The lowest BCUT2D eigenvalue weighted by Crippen LogP contribution is -2.47. The van der Waals surface area contributed by atoms with Crippen LogP contribution in [0.1, 0.15) is 24.4 Å². The van der Waals surface area contributed by atoms with Crippen LogP contribution in [0.25, 0.3) is 10.8 Å². The molecule has 1 unspecified atom stereocenters. The Bertz CT molecular complexity index is 961. The van der Waals surface area contributed by atoms with Gasteiger partial charge in [0.15, 0.2) is 5.82 Å². The number of fused-ring (bicyclic) bond motifs is 1. The van der Waals surface area contributed by atoms with E-state index in [0.29, 0.717) is 11.3 Å². The fraction of sp³-hybridized carbons (Fsp3) is 0.364. The van der Waals surface area contributed by atoms with Crippen molar-refractivity contribution in [2.75, 3.05) is 37.6 Å². The number of benzene rings is 2. The number of nitrogens with zero attached hydrogens (tertiary/aromatic N) is 4. The Balaban J connectivity index is 0.00000256. The lowest BCUT2D eigenvalue weighted by Gasteiger charge is -2.34. The van der Waals surface area contributed by atoms with Crippen molar-refractivity contribution < 1.29 is 8.78 Å². The fourth-order valence-electron chi connectivity index (χ4n) is 3.94. The molecule has 160 valence electrons. The summed E-state index contributed by atoms with van der Waals surface area (Å²) in [6.45, 7) is 4.43. The van der Waals surface area contributed by atoms with E-state index in [4.69, 9.17) is 5.73 Å². The molecule has 2 N–H and O–H groups in total. The van der Waals surface area contributed by atoms with Crippen LogP contribution in [0, 0.1) is 11.6 Å². The Labute approximate surface area is 181 Å². The number of rotatable bonds is 6. The van der Waals surface area contributed by atoms with Gasteiger partial charge in [0.05, 0.1) is 12.4 Å². The van der Waals surface area contributed by atoms with Gasteiger partial charge in [0.1, 0.15) is 5.82 Å². The minimum absolute atomic E-state index is 0. The zero-order valence-corrected chi connectivity index (χ0v) is 17.5. The molecule has 1 saturated heterocycles. The zero-order chi connectivity index (χ0) is 20.2. The summed E-state index contributed by atoms with van der Waals surface area (Å²) in [7, 11) is 0. The van der Waals surface area contributed by atoms with Crippen LogP contribution < -0.4 is 10.6 Å². The standard InChI is InChI=1S/C22H25F2N5.ClH/c23-16-14-26-22(27-15-16)29-12-10-28(11-13-29)9-3-6-21(25)19-7-8-20(24)18-5-2-1-4-17(18)19;/h1-2,4-5,7-8,14-15,21H,3,6,9-13,25H2;1H. The van der Waals surface area contributed by atoms with E-state index in [1.165, 1.54) is 18.5 Å². The topological polar surface area (TPSA) is 58.3 Å². The largest absolute Gasteiger partial charge is 0.338 e. The van der Waals surface area contributed by atoms with Gasteiger partial charge in [-0.15, -0.1) is 12.4 Å². The highest BCUT2D eigenvalue weighted by Crippen LogP contribution is 2.27. The molecule has 8 heteroatoms. The average molecular weight is 434 g/mol. The van der Waals surface area contributed by atoms with Gasteiger partial charge in [-0.05, 0) is 36.4 Å². The molecule has 0 amide bonds. The molecule has 1 atom stereocenters. The SMILES string of the molecule is Cl.NC(CCCN1CCN(c2ncc(F)cn2)CC1)c1ccc(F)c2ccccc12. The first-order valence-electron chi connectivity index (χ1n) is 9.99. The minimum atomic E-state index is -0.419. The second kappa shape index (κ2) is 10.1. The van der Waals surface area contributed by atoms with Crippen molar-refractivity contribution in [2.45, 2.75) is 18.9 Å². The molecule has 0 saturated carbocycles. The Morgan fingerprint density at radius 1 is 0.933 bits per heavy atom. The predicted octanol–water partition coefficient (Wildman–Crippen LogP) is 3.93. The first kappa shape index (κ1) is 22.3. The van der Waals surface area contributed by atoms with Crippen LogP contribution in [0.4, 0.5) is 14.7 Å². The van der Waals surface area contributed by atoms with E-state index >= 15 is 0 Å². The summed E-state index contributed by atoms with van der Waals surface area (Å²) in [5, 5.41) is 1.52. The maximum atomic E-state index is 14.0. The Morgan fingerprint density at radius 2 is 1.60 bits per heavy atom. The summed E-state index contributed by atoms with van der Waals surface area (Å²) in [5.74, 6) is -0.0477. The molecular weight excluding hydrogens is 408 g/mol. The molecule has 1 aliphatic heterocycles. The second-order valence-corrected chi connectivity index (χ2v) is 7.46. The molecule has 1 fully saturated rings. The van der Waals surface area contributed by atoms with Crippen molar-refractivity contribution in [3.05, 3.63) is 66.0 Å². The third-order valence-corrected chi connectivity index (χ3v) is 5.56. The molecular formula is C22H26ClF2N5. The highest BCUT2D eigenvalue weighted by Gasteiger charge is 2.19. The molecule has 0 spiro atoms. The third-order valence-electron chi connectivity index (χ3n) is 5.56. The van der Waals surface area contributed by atoms with Crippen LogP contribution in [0.15, 0.2) is 48.8 Å². The Kier molecular flexibility index (Phi) is 7.53. The number of aromatic nitrogens is 2. The van der Waals surface area contributed by atoms with Crippen molar-refractivity contribution in [3.8, 4) is 0 Å². The molecule has 3 aromatic rings. The normalized spacial score (nSPS) is 15.8. The van der Waals surface area contributed by atoms with Crippen molar-refractivity contribution in [2.24, 2.45) is 5.73 Å². The van der Waals surface area contributed by atoms with Crippen molar-refractivity contribution >= 4 is 29.1 Å². The van der Waals surface area contributed by atoms with Gasteiger partial charge in [-0.2, -0.15) is 0 Å². The van der Waals surface area contributed by atoms with E-state index in [1.807, 2.05) is 24.3 Å². The van der Waals surface area contributed by atoms with Crippen molar-refractivity contribution in [1.29, 1.82) is 0 Å². The van der Waals surface area contributed by atoms with Gasteiger partial charge in [-0.25, -0.2) is 18.7 Å². The molecule has 1 aliphatic rings. The van der Waals surface area contributed by atoms with E-state index in [-0.39, 0.29) is 24.3 Å². The number of halogens is 3. The predicted molar refractivity (Wildman–Crippen MR) is 118 cm³/mol. The summed E-state index contributed by atoms with van der Waals surface area (Å²) in [6, 6.07) is 10.7. The van der Waals surface area contributed by atoms with E-state index in [2.05, 4.69) is 19.8 Å². The fourth-order valence-corrected chi connectivity index (χ4v) is 3.94. The zero-order valence-electron chi connectivity index (χ0n) is 16.7. The van der Waals surface area contributed by atoms with Gasteiger partial charge in [-0.3, -0.25) is 4.90 Å². The van der Waals surface area contributed by atoms with E-state index in [0.717, 1.165) is 56.5 Å². The number of piperazine rings is 1. The van der Waals surface area contributed by atoms with Crippen molar-refractivity contribution in [1.82, 2.24) is 14.9 Å². The van der Waals surface area contributed by atoms with Crippen LogP contribution in [-0.4, -0.2) is 47.6 Å². The van der Waals surface area contributed by atoms with Crippen LogP contribution >= 0.6 is 12.4 Å². The number of hydrogen-bond acceptors (Lipinski definition) is 5. The lowest BCUT2D eigenvalue weighted by molar-refractivity contribution is 0.249. The van der Waals surface area contributed by atoms with E-state index in [9.17, 15) is 8.78 Å². The maximum absolute atomic E-state index is 14.0. The smallest absolute Gasteiger partial charge is 0.225 e. The van der Waals surface area contributed by atoms with Gasteiger partial charge in [0.25, 0.3) is 0 Å². The summed E-state index contributed by atoms with van der Waals surface area (Å²) in [5.41, 5.74) is 7.44. The summed E-state index contributed by atoms with van der Waals surface area (Å²) < 4.78 is 27.0. The summed E-state index contributed by atoms with van der Waals surface area (Å²) in [6.07, 6.45) is 4.22. The molecule has 30 heavy (non-hydrogen) atoms. The van der Waals surface area contributed by atoms with Gasteiger partial charge < -0.3 is 10.6 Å². The van der Waals surface area contributed by atoms with Gasteiger partial charge in [0.2, 0.25) is 5.95 Å². The average Bonchev–Trinajstić information content (AvgIpc) is 2.75. The first-order chi connectivity index (χ1) is 14.1. The highest BCUT2D eigenvalue weighted by molar-refractivity contribution is 5.86. The van der Waals surface area contributed by atoms with Crippen LogP contribution in [0.3, 0.4) is 0 Å². The number of hydrogen-bond donors (Lipinski definition) is 1. The quantitative estimate of drug-likeness (QED) is 0.638. The highest BCUT2D eigenvalue weighted by atomic mass is 35.5. The molecule has 2 heterocycles. The van der Waals surface area contributed by atoms with E-state index in [1.54, 1.807) is 6.07 Å². The van der Waals surface area contributed by atoms with Gasteiger partial charge in [-0.1, -0.05) is 30.3 Å². The van der Waals surface area contributed by atoms with Crippen LogP contribution in [0.2, 0.25) is 0 Å². The Morgan fingerprint density at radius 3 is 2.30 bits per heavy atom. The molecule has 2 aromatic carbocycles. The monoisotopic (exact) mass is 433 g/mol. The maximum Gasteiger partial charge on any atom is 0.225 e. The van der Waals surface area contributed by atoms with Crippen molar-refractivity contribution in [3.63, 3.8) is 0 Å². The third kappa shape index (κ3) is 5.03. The first-order valence-corrected chi connectivity index (χ1v) is 9.99. The Hall–Kier alpha value is -2.35. The molecule has 4 rings (SSSR count). The number of nitrogens with two attached hydrogens (primary N) is 1. The number of anilines is 1. The molecule has 0 aliphatic carbocycles. The summed E-state index contributed by atoms with van der Waals surface area (Å²) >= 11 is 0. The van der Waals surface area contributed by atoms with Gasteiger partial charge >= 0.3 is 0 Å². The minimum Gasteiger partial charge on any atom is -0.338 e. The second-order valence-electron chi connectivity index (χ2n) is 7.46. The molecule has 0 radical (unpaired) electrons. The van der Waals surface area contributed by atoms with Crippen LogP contribution in [0.5, 0.6) is 0 Å². The lowest BCUT2D eigenvalue weighted by atomic mass is 9.96. The molecule has 0 bridgehead atoms.